The van der Waals surface area contributed by atoms with E-state index in [1.165, 1.54) is 22.7 Å². The van der Waals surface area contributed by atoms with E-state index in [0.29, 0.717) is 16.5 Å². The molecule has 0 spiro atoms. The van der Waals surface area contributed by atoms with Crippen LogP contribution in [0.25, 0.3) is 0 Å². The van der Waals surface area contributed by atoms with Crippen LogP contribution in [0.1, 0.15) is 16.0 Å². The summed E-state index contributed by atoms with van der Waals surface area (Å²) in [5.74, 6) is 0. The maximum atomic E-state index is 12.9. The number of aliphatic hydroxyl groups is 1. The van der Waals surface area contributed by atoms with Gasteiger partial charge in [0.1, 0.15) is 5.60 Å². The number of hydrogen-bond donors (Lipinski definition) is 2. The van der Waals surface area contributed by atoms with Crippen molar-refractivity contribution < 1.29 is 26.7 Å². The predicted octanol–water partition coefficient (Wildman–Crippen LogP) is 4.04. The van der Waals surface area contributed by atoms with Gasteiger partial charge in [-0.15, -0.1) is 11.3 Å². The maximum absolute atomic E-state index is 12.9. The fourth-order valence-electron chi connectivity index (χ4n) is 2.47. The Morgan fingerprint density at radius 1 is 1.04 bits per heavy atom. The quantitative estimate of drug-likeness (QED) is 0.617. The molecule has 3 rings (SSSR count). The van der Waals surface area contributed by atoms with Crippen LogP contribution >= 0.6 is 22.7 Å². The molecule has 144 valence electrons. The van der Waals surface area contributed by atoms with Crippen LogP contribution in [-0.4, -0.2) is 20.1 Å². The van der Waals surface area contributed by atoms with E-state index >= 15 is 0 Å². The van der Waals surface area contributed by atoms with Crippen molar-refractivity contribution in [1.82, 2.24) is 4.72 Å². The molecular formula is C17H14F3NO3S3. The molecule has 0 aliphatic rings. The van der Waals surface area contributed by atoms with Gasteiger partial charge in [0.2, 0.25) is 10.0 Å². The molecule has 10 heteroatoms. The van der Waals surface area contributed by atoms with Crippen LogP contribution in [0.4, 0.5) is 13.2 Å². The molecule has 1 atom stereocenters. The zero-order valence-corrected chi connectivity index (χ0v) is 16.1. The molecule has 2 aromatic heterocycles. The summed E-state index contributed by atoms with van der Waals surface area (Å²) in [7, 11) is -4.26. The highest BCUT2D eigenvalue weighted by atomic mass is 32.2. The predicted molar refractivity (Wildman–Crippen MR) is 98.3 cm³/mol. The molecule has 0 fully saturated rings. The molecule has 0 saturated carbocycles. The van der Waals surface area contributed by atoms with E-state index in [2.05, 4.69) is 4.72 Å². The van der Waals surface area contributed by atoms with Crippen molar-refractivity contribution in [2.75, 3.05) is 6.54 Å². The molecule has 27 heavy (non-hydrogen) atoms. The van der Waals surface area contributed by atoms with E-state index in [1.54, 1.807) is 34.3 Å². The van der Waals surface area contributed by atoms with Crippen LogP contribution in [0.2, 0.25) is 0 Å². The van der Waals surface area contributed by atoms with E-state index in [-0.39, 0.29) is 0 Å². The SMILES string of the molecule is O=S(=O)(NC[C@](O)(c1ccsc1)c1cccs1)c1cccc(C(F)(F)F)c1. The number of halogens is 3. The average molecular weight is 433 g/mol. The normalized spacial score (nSPS) is 14.8. The highest BCUT2D eigenvalue weighted by molar-refractivity contribution is 7.89. The number of rotatable bonds is 6. The third kappa shape index (κ3) is 4.25. The lowest BCUT2D eigenvalue weighted by molar-refractivity contribution is -0.137. The Hall–Kier alpha value is -1.72. The average Bonchev–Trinajstić information content (AvgIpc) is 3.33. The lowest BCUT2D eigenvalue weighted by Crippen LogP contribution is -2.41. The van der Waals surface area contributed by atoms with Crippen molar-refractivity contribution in [3.8, 4) is 0 Å². The Labute approximate surface area is 162 Å². The number of alkyl halides is 3. The monoisotopic (exact) mass is 433 g/mol. The molecule has 0 bridgehead atoms. The molecule has 0 aliphatic carbocycles. The first-order chi connectivity index (χ1) is 12.6. The number of benzene rings is 1. The van der Waals surface area contributed by atoms with Crippen LogP contribution in [-0.2, 0) is 21.8 Å². The van der Waals surface area contributed by atoms with Crippen molar-refractivity contribution in [3.63, 3.8) is 0 Å². The van der Waals surface area contributed by atoms with Crippen molar-refractivity contribution in [2.45, 2.75) is 16.7 Å². The summed E-state index contributed by atoms with van der Waals surface area (Å²) in [6, 6.07) is 8.53. The first-order valence-corrected chi connectivity index (χ1v) is 10.9. The zero-order chi connectivity index (χ0) is 19.7. The van der Waals surface area contributed by atoms with Gasteiger partial charge in [0.15, 0.2) is 0 Å². The summed E-state index contributed by atoms with van der Waals surface area (Å²) < 4.78 is 65.8. The topological polar surface area (TPSA) is 66.4 Å². The van der Waals surface area contributed by atoms with Crippen LogP contribution < -0.4 is 4.72 Å². The number of sulfonamides is 1. The van der Waals surface area contributed by atoms with E-state index in [1.807, 2.05) is 0 Å². The lowest BCUT2D eigenvalue weighted by Gasteiger charge is -2.27. The molecule has 0 amide bonds. The standard InChI is InChI=1S/C17H14F3NO3S3/c18-17(19,20)12-3-1-4-14(9-12)27(23,24)21-11-16(22,13-6-8-25-10-13)15-5-2-7-26-15/h1-10,21-22H,11H2/t16-/m0/s1. The van der Waals surface area contributed by atoms with E-state index in [0.717, 1.165) is 18.2 Å². The van der Waals surface area contributed by atoms with Gasteiger partial charge < -0.3 is 5.11 Å². The molecule has 2 heterocycles. The van der Waals surface area contributed by atoms with Gasteiger partial charge in [0.25, 0.3) is 0 Å². The summed E-state index contributed by atoms with van der Waals surface area (Å²) in [5, 5.41) is 16.3. The largest absolute Gasteiger partial charge is 0.416 e. The second-order valence-corrected chi connectivity index (χ2v) is 9.19. The van der Waals surface area contributed by atoms with Crippen molar-refractivity contribution in [3.05, 3.63) is 74.6 Å². The van der Waals surface area contributed by atoms with Gasteiger partial charge in [-0.3, -0.25) is 0 Å². The minimum absolute atomic E-state index is 0.414. The van der Waals surface area contributed by atoms with Gasteiger partial charge in [0, 0.05) is 17.0 Å². The van der Waals surface area contributed by atoms with Crippen molar-refractivity contribution in [1.29, 1.82) is 0 Å². The van der Waals surface area contributed by atoms with E-state index in [4.69, 9.17) is 0 Å². The van der Waals surface area contributed by atoms with Gasteiger partial charge >= 0.3 is 6.18 Å². The molecule has 0 radical (unpaired) electrons. The number of thiophene rings is 2. The minimum atomic E-state index is -4.65. The molecular weight excluding hydrogens is 419 g/mol. The van der Waals surface area contributed by atoms with Gasteiger partial charge in [-0.1, -0.05) is 12.1 Å². The van der Waals surface area contributed by atoms with Gasteiger partial charge in [0.05, 0.1) is 10.5 Å². The van der Waals surface area contributed by atoms with Gasteiger partial charge in [-0.05, 0) is 46.5 Å². The third-order valence-corrected chi connectivity index (χ3v) is 7.02. The fraction of sp³-hybridized carbons (Fsp3) is 0.176. The molecule has 1 aromatic carbocycles. The summed E-state index contributed by atoms with van der Waals surface area (Å²) in [4.78, 5) is 0.00353. The van der Waals surface area contributed by atoms with Crippen LogP contribution in [0.15, 0.2) is 63.5 Å². The summed E-state index contributed by atoms with van der Waals surface area (Å²) in [6.45, 7) is -0.414. The highest BCUT2D eigenvalue weighted by Gasteiger charge is 2.36. The Kier molecular flexibility index (Phi) is 5.46. The number of hydrogen-bond acceptors (Lipinski definition) is 5. The lowest BCUT2D eigenvalue weighted by atomic mass is 9.95. The third-order valence-electron chi connectivity index (χ3n) is 3.92. The van der Waals surface area contributed by atoms with Crippen LogP contribution in [0.5, 0.6) is 0 Å². The van der Waals surface area contributed by atoms with Crippen LogP contribution in [0.3, 0.4) is 0 Å². The second kappa shape index (κ2) is 7.36. The first-order valence-electron chi connectivity index (χ1n) is 7.59. The smallest absolute Gasteiger partial charge is 0.378 e. The maximum Gasteiger partial charge on any atom is 0.416 e. The first kappa shape index (κ1) is 20.0. The fourth-order valence-corrected chi connectivity index (χ4v) is 5.14. The molecule has 2 N–H and O–H groups in total. The summed E-state index contributed by atoms with van der Waals surface area (Å²) in [5.41, 5.74) is -2.18. The molecule has 0 saturated heterocycles. The van der Waals surface area contributed by atoms with E-state index < -0.39 is 38.8 Å². The minimum Gasteiger partial charge on any atom is -0.378 e. The Bertz CT molecular complexity index is 963. The summed E-state index contributed by atoms with van der Waals surface area (Å²) >= 11 is 2.59. The molecule has 4 nitrogen and oxygen atoms in total. The molecule has 0 unspecified atom stereocenters. The van der Waals surface area contributed by atoms with Crippen molar-refractivity contribution >= 4 is 32.7 Å². The molecule has 0 aliphatic heterocycles. The van der Waals surface area contributed by atoms with Crippen LogP contribution in [0, 0.1) is 0 Å². The molecule has 3 aromatic rings. The van der Waals surface area contributed by atoms with Gasteiger partial charge in [-0.2, -0.15) is 24.5 Å². The number of nitrogens with one attached hydrogen (secondary N) is 1. The van der Waals surface area contributed by atoms with E-state index in [9.17, 15) is 26.7 Å². The van der Waals surface area contributed by atoms with Gasteiger partial charge in [-0.25, -0.2) is 13.1 Å². The summed E-state index contributed by atoms with van der Waals surface area (Å²) in [6.07, 6.45) is -4.65. The van der Waals surface area contributed by atoms with Crippen molar-refractivity contribution in [2.24, 2.45) is 0 Å². The highest BCUT2D eigenvalue weighted by Crippen LogP contribution is 2.34. The second-order valence-electron chi connectivity index (χ2n) is 5.70. The Morgan fingerprint density at radius 2 is 1.81 bits per heavy atom. The Balaban J connectivity index is 1.90. The Morgan fingerprint density at radius 3 is 2.41 bits per heavy atom. The zero-order valence-electron chi connectivity index (χ0n) is 13.6.